The van der Waals surface area contributed by atoms with Gasteiger partial charge in [0.15, 0.2) is 5.78 Å². The highest BCUT2D eigenvalue weighted by Gasteiger charge is 2.36. The fourth-order valence-corrected chi connectivity index (χ4v) is 2.38. The molecule has 0 bridgehead atoms. The van der Waals surface area contributed by atoms with Crippen LogP contribution >= 0.6 is 0 Å². The van der Waals surface area contributed by atoms with E-state index in [2.05, 4.69) is 11.7 Å². The average Bonchev–Trinajstić information content (AvgIpc) is 2.49. The smallest absolute Gasteiger partial charge is 0.282 e. The van der Waals surface area contributed by atoms with Gasteiger partial charge < -0.3 is 4.74 Å². The average molecular weight is 304 g/mol. The van der Waals surface area contributed by atoms with Crippen LogP contribution < -0.4 is 4.74 Å². The maximum atomic E-state index is 13.5. The second-order valence-electron chi connectivity index (χ2n) is 5.16. The van der Waals surface area contributed by atoms with E-state index >= 15 is 0 Å². The van der Waals surface area contributed by atoms with Gasteiger partial charge in [0.25, 0.3) is 5.91 Å². The summed E-state index contributed by atoms with van der Waals surface area (Å²) in [6.07, 6.45) is 2.94. The van der Waals surface area contributed by atoms with Gasteiger partial charge in [-0.25, -0.2) is 0 Å². The number of carbonyl (C=O) groups is 2. The Hall–Kier alpha value is -2.50. The zero-order valence-corrected chi connectivity index (χ0v) is 12.5. The first-order chi connectivity index (χ1) is 10.5. The van der Waals surface area contributed by atoms with Crippen molar-refractivity contribution < 1.29 is 18.8 Å². The maximum absolute atomic E-state index is 13.5. The molecule has 116 valence electrons. The first kappa shape index (κ1) is 15.9. The first-order valence-electron chi connectivity index (χ1n) is 6.87. The minimum atomic E-state index is -0.760. The fourth-order valence-electron chi connectivity index (χ4n) is 2.38. The van der Waals surface area contributed by atoms with Crippen molar-refractivity contribution in [1.29, 1.82) is 0 Å². The lowest BCUT2D eigenvalue weighted by atomic mass is 9.85. The Balaban J connectivity index is 2.49. The van der Waals surface area contributed by atoms with E-state index in [0.29, 0.717) is 16.9 Å². The summed E-state index contributed by atoms with van der Waals surface area (Å²) in [4.78, 5) is 23.3. The van der Waals surface area contributed by atoms with Crippen molar-refractivity contribution >= 4 is 24.0 Å². The number of carbonyl (C=O) groups excluding carboxylic acids is 2. The number of Topliss-reactive ketones (excluding diaryl/α,β-unsaturated/α-hetero) is 1. The van der Waals surface area contributed by atoms with Crippen LogP contribution in [0.1, 0.15) is 30.9 Å². The molecule has 2 atom stereocenters. The number of halogens is 1. The Kier molecular flexibility index (Phi) is 4.70. The molecule has 0 radical (unpaired) electrons. The quantitative estimate of drug-likeness (QED) is 0.786. The number of hydrogen-bond acceptors (Lipinski definition) is 4. The van der Waals surface area contributed by atoms with Crippen molar-refractivity contribution in [1.82, 2.24) is 5.23 Å². The van der Waals surface area contributed by atoms with Crippen molar-refractivity contribution in [2.24, 2.45) is 11.0 Å². The number of nitrogens with zero attached hydrogens (tertiary/aromatic N) is 2. The van der Waals surface area contributed by atoms with Gasteiger partial charge in [-0.3, -0.25) is 9.59 Å². The summed E-state index contributed by atoms with van der Waals surface area (Å²) < 4.78 is 19.0. The minimum absolute atomic E-state index is 0.124. The lowest BCUT2D eigenvalue weighted by Gasteiger charge is -2.27. The highest BCUT2D eigenvalue weighted by atomic mass is 19.2. The van der Waals surface area contributed by atoms with E-state index in [1.54, 1.807) is 31.2 Å². The molecule has 1 amide bonds. The summed E-state index contributed by atoms with van der Waals surface area (Å²) in [6.45, 7) is 6.75. The van der Waals surface area contributed by atoms with Crippen LogP contribution in [0.15, 0.2) is 29.9 Å². The number of para-hydroxylation sites is 1. The molecule has 1 aliphatic heterocycles. The molecule has 1 heterocycles. The Morgan fingerprint density at radius 3 is 2.91 bits per heavy atom. The Morgan fingerprint density at radius 2 is 2.27 bits per heavy atom. The second kappa shape index (κ2) is 6.51. The van der Waals surface area contributed by atoms with E-state index in [1.165, 1.54) is 13.1 Å². The van der Waals surface area contributed by atoms with Crippen molar-refractivity contribution in [3.8, 4) is 5.75 Å². The summed E-state index contributed by atoms with van der Waals surface area (Å²) in [6, 6.07) is 5.18. The third-order valence-corrected chi connectivity index (χ3v) is 3.43. The van der Waals surface area contributed by atoms with Crippen LogP contribution in [-0.2, 0) is 9.59 Å². The van der Waals surface area contributed by atoms with E-state index in [9.17, 15) is 14.1 Å². The molecule has 1 aromatic carbocycles. The molecule has 0 saturated carbocycles. The van der Waals surface area contributed by atoms with E-state index in [4.69, 9.17) is 4.74 Å². The molecule has 0 N–H and O–H groups in total. The van der Waals surface area contributed by atoms with Crippen LogP contribution in [0, 0.1) is 5.92 Å². The molecule has 6 heteroatoms. The summed E-state index contributed by atoms with van der Waals surface area (Å²) in [5, 5.41) is 3.22. The molecular weight excluding hydrogens is 287 g/mol. The second-order valence-corrected chi connectivity index (χ2v) is 5.16. The van der Waals surface area contributed by atoms with Gasteiger partial charge in [-0.1, -0.05) is 47.5 Å². The van der Waals surface area contributed by atoms with Crippen LogP contribution in [-0.4, -0.2) is 29.7 Å². The molecule has 2 rings (SSSR count). The maximum Gasteiger partial charge on any atom is 0.282 e. The number of ketones is 1. The van der Waals surface area contributed by atoms with E-state index in [-0.39, 0.29) is 23.5 Å². The summed E-state index contributed by atoms with van der Waals surface area (Å²) >= 11 is 0. The lowest BCUT2D eigenvalue weighted by Crippen LogP contribution is -2.34. The van der Waals surface area contributed by atoms with E-state index < -0.39 is 11.8 Å². The van der Waals surface area contributed by atoms with Crippen LogP contribution in [0.5, 0.6) is 5.75 Å². The number of amides is 1. The van der Waals surface area contributed by atoms with Gasteiger partial charge in [-0.2, -0.15) is 5.10 Å². The molecular formula is C16H17FN2O3. The molecule has 1 aliphatic rings. The topological polar surface area (TPSA) is 59.0 Å². The fraction of sp³-hybridized carbons (Fsp3) is 0.312. The largest absolute Gasteiger partial charge is 0.485 e. The Labute approximate surface area is 128 Å². The normalized spacial score (nSPS) is 20.9. The van der Waals surface area contributed by atoms with Crippen LogP contribution in [0.4, 0.5) is 4.48 Å². The molecule has 1 aromatic rings. The number of ether oxygens (including phenoxy) is 1. The molecule has 0 spiro atoms. The monoisotopic (exact) mass is 304 g/mol. The van der Waals surface area contributed by atoms with Crippen molar-refractivity contribution in [3.05, 3.63) is 35.9 Å². The Morgan fingerprint density at radius 1 is 1.55 bits per heavy atom. The van der Waals surface area contributed by atoms with Gasteiger partial charge in [0.1, 0.15) is 12.4 Å². The molecule has 0 saturated heterocycles. The van der Waals surface area contributed by atoms with Gasteiger partial charge in [-0.15, -0.1) is 0 Å². The van der Waals surface area contributed by atoms with Crippen LogP contribution in [0.2, 0.25) is 0 Å². The number of benzene rings is 1. The predicted molar refractivity (Wildman–Crippen MR) is 81.1 cm³/mol. The van der Waals surface area contributed by atoms with Gasteiger partial charge >= 0.3 is 0 Å². The molecule has 22 heavy (non-hydrogen) atoms. The summed E-state index contributed by atoms with van der Waals surface area (Å²) in [5.41, 5.74) is 1.16. The number of rotatable bonds is 5. The number of hydrogen-bond donors (Lipinski definition) is 0. The van der Waals surface area contributed by atoms with E-state index in [1.807, 2.05) is 0 Å². The SMILES string of the molecule is C=Cc1cccc(C2C(=O)N(F)N=CC2C)c1OCC(C)=O. The lowest BCUT2D eigenvalue weighted by molar-refractivity contribution is -0.150. The Bertz CT molecular complexity index is 642. The molecule has 2 unspecified atom stereocenters. The first-order valence-corrected chi connectivity index (χ1v) is 6.87. The molecule has 0 aliphatic carbocycles. The van der Waals surface area contributed by atoms with Crippen molar-refractivity contribution in [2.75, 3.05) is 6.61 Å². The van der Waals surface area contributed by atoms with Crippen molar-refractivity contribution in [2.45, 2.75) is 19.8 Å². The third kappa shape index (κ3) is 3.05. The van der Waals surface area contributed by atoms with Gasteiger partial charge in [0.2, 0.25) is 0 Å². The minimum Gasteiger partial charge on any atom is -0.485 e. The molecule has 0 fully saturated rings. The zero-order chi connectivity index (χ0) is 16.3. The number of hydrazone groups is 1. The standard InChI is InChI=1S/C16H17FN2O3/c1-4-12-6-5-7-13(15(12)22-9-11(3)20)14-10(2)8-18-19(17)16(14)21/h4-8,10,14H,1,9H2,2-3H3. The molecule has 0 aromatic heterocycles. The highest BCUT2D eigenvalue weighted by molar-refractivity contribution is 5.90. The summed E-state index contributed by atoms with van der Waals surface area (Å²) in [5.74, 6) is -1.59. The van der Waals surface area contributed by atoms with Gasteiger partial charge in [-0.05, 0) is 6.92 Å². The van der Waals surface area contributed by atoms with Crippen molar-refractivity contribution in [3.63, 3.8) is 0 Å². The third-order valence-electron chi connectivity index (χ3n) is 3.43. The van der Waals surface area contributed by atoms with Crippen LogP contribution in [0.25, 0.3) is 6.08 Å². The van der Waals surface area contributed by atoms with Crippen LogP contribution in [0.3, 0.4) is 0 Å². The van der Waals surface area contributed by atoms with E-state index in [0.717, 1.165) is 0 Å². The van der Waals surface area contributed by atoms with Gasteiger partial charge in [0, 0.05) is 23.3 Å². The predicted octanol–water partition coefficient (Wildman–Crippen LogP) is 2.73. The van der Waals surface area contributed by atoms with Gasteiger partial charge in [0.05, 0.1) is 5.92 Å². The summed E-state index contributed by atoms with van der Waals surface area (Å²) in [7, 11) is 0. The highest BCUT2D eigenvalue weighted by Crippen LogP contribution is 2.37. The molecule has 5 nitrogen and oxygen atoms in total. The zero-order valence-electron chi connectivity index (χ0n) is 12.5.